The van der Waals surface area contributed by atoms with Gasteiger partial charge in [-0.2, -0.15) is 0 Å². The van der Waals surface area contributed by atoms with Gasteiger partial charge in [-0.1, -0.05) is 103 Å². The van der Waals surface area contributed by atoms with Crippen molar-refractivity contribution >= 4 is 49.4 Å². The first kappa shape index (κ1) is 30.4. The number of nitrogens with zero attached hydrogens (tertiary/aromatic N) is 5. The van der Waals surface area contributed by atoms with Gasteiger partial charge < -0.3 is 8.98 Å². The maximum atomic E-state index is 11.7. The van der Waals surface area contributed by atoms with E-state index in [1.54, 1.807) is 24.3 Å². The number of nitro groups is 1. The lowest BCUT2D eigenvalue weighted by atomic mass is 9.99. The molecule has 10 aromatic rings. The van der Waals surface area contributed by atoms with Crippen LogP contribution in [-0.2, 0) is 0 Å². The molecule has 53 heavy (non-hydrogen) atoms. The third-order valence-corrected chi connectivity index (χ3v) is 9.76. The van der Waals surface area contributed by atoms with Crippen LogP contribution in [0.15, 0.2) is 168 Å². The van der Waals surface area contributed by atoms with Gasteiger partial charge in [0, 0.05) is 55.9 Å². The molecule has 10 rings (SSSR count). The molecule has 8 nitrogen and oxygen atoms in total. The van der Waals surface area contributed by atoms with E-state index in [1.807, 2.05) is 97.1 Å². The van der Waals surface area contributed by atoms with Gasteiger partial charge in [0.05, 0.1) is 21.6 Å². The van der Waals surface area contributed by atoms with Crippen molar-refractivity contribution in [3.8, 4) is 51.0 Å². The Morgan fingerprint density at radius 1 is 0.509 bits per heavy atom. The Balaban J connectivity index is 1.27. The molecule has 250 valence electrons. The van der Waals surface area contributed by atoms with Crippen LogP contribution in [0.25, 0.3) is 94.7 Å². The average molecular weight is 686 g/mol. The van der Waals surface area contributed by atoms with Crippen LogP contribution in [0.5, 0.6) is 0 Å². The third-order valence-electron chi connectivity index (χ3n) is 9.76. The highest BCUT2D eigenvalue weighted by Gasteiger charge is 2.22. The van der Waals surface area contributed by atoms with Crippen molar-refractivity contribution in [2.24, 2.45) is 0 Å². The molecule has 0 aliphatic carbocycles. The highest BCUT2D eigenvalue weighted by Crippen LogP contribution is 2.43. The highest BCUT2D eigenvalue weighted by molar-refractivity contribution is 6.21. The number of para-hydroxylation sites is 2. The highest BCUT2D eigenvalue weighted by atomic mass is 16.6. The lowest BCUT2D eigenvalue weighted by Crippen LogP contribution is -2.02. The van der Waals surface area contributed by atoms with Crippen LogP contribution < -0.4 is 0 Å². The summed E-state index contributed by atoms with van der Waals surface area (Å²) in [5.41, 5.74) is 8.61. The van der Waals surface area contributed by atoms with Crippen LogP contribution in [0.4, 0.5) is 5.69 Å². The molecule has 0 unspecified atom stereocenters. The zero-order valence-corrected chi connectivity index (χ0v) is 28.0. The predicted molar refractivity (Wildman–Crippen MR) is 210 cm³/mol. The smallest absolute Gasteiger partial charge is 0.269 e. The molecule has 0 fully saturated rings. The first-order valence-electron chi connectivity index (χ1n) is 17.2. The number of benzene rings is 7. The van der Waals surface area contributed by atoms with Gasteiger partial charge in [-0.3, -0.25) is 10.1 Å². The Morgan fingerprint density at radius 3 is 1.75 bits per heavy atom. The molecule has 8 heteroatoms. The largest absolute Gasteiger partial charge is 0.454 e. The Labute approximate surface area is 302 Å². The summed E-state index contributed by atoms with van der Waals surface area (Å²) in [5, 5.41) is 15.9. The summed E-state index contributed by atoms with van der Waals surface area (Å²) in [4.78, 5) is 26.2. The molecule has 0 spiro atoms. The van der Waals surface area contributed by atoms with Gasteiger partial charge in [-0.05, 0) is 54.1 Å². The van der Waals surface area contributed by atoms with Crippen LogP contribution in [0.3, 0.4) is 0 Å². The van der Waals surface area contributed by atoms with E-state index >= 15 is 0 Å². The Kier molecular flexibility index (Phi) is 6.94. The van der Waals surface area contributed by atoms with Gasteiger partial charge in [0.1, 0.15) is 5.58 Å². The van der Waals surface area contributed by atoms with Crippen LogP contribution in [0, 0.1) is 10.1 Å². The molecule has 3 heterocycles. The Hall–Kier alpha value is -7.45. The van der Waals surface area contributed by atoms with Gasteiger partial charge in [0.15, 0.2) is 23.1 Å². The molecule has 0 atom stereocenters. The van der Waals surface area contributed by atoms with E-state index in [0.29, 0.717) is 17.5 Å². The molecule has 3 aromatic heterocycles. The minimum Gasteiger partial charge on any atom is -0.454 e. The number of furan rings is 1. The van der Waals surface area contributed by atoms with Crippen LogP contribution in [0.2, 0.25) is 0 Å². The molecule has 0 saturated heterocycles. The lowest BCUT2D eigenvalue weighted by molar-refractivity contribution is -0.384. The third kappa shape index (κ3) is 5.04. The van der Waals surface area contributed by atoms with Crippen molar-refractivity contribution in [1.82, 2.24) is 19.5 Å². The van der Waals surface area contributed by atoms with Crippen molar-refractivity contribution in [2.75, 3.05) is 0 Å². The van der Waals surface area contributed by atoms with E-state index < -0.39 is 0 Å². The van der Waals surface area contributed by atoms with E-state index in [0.717, 1.165) is 77.2 Å². The second-order valence-electron chi connectivity index (χ2n) is 12.9. The van der Waals surface area contributed by atoms with Gasteiger partial charge in [-0.15, -0.1) is 0 Å². The van der Waals surface area contributed by atoms with E-state index in [-0.39, 0.29) is 10.6 Å². The van der Waals surface area contributed by atoms with Crippen LogP contribution in [-0.4, -0.2) is 24.4 Å². The van der Waals surface area contributed by atoms with Crippen molar-refractivity contribution in [2.45, 2.75) is 0 Å². The number of fused-ring (bicyclic) bond motifs is 7. The monoisotopic (exact) mass is 685 g/mol. The molecule has 0 aliphatic rings. The first-order chi connectivity index (χ1) is 26.1. The molecular weight excluding hydrogens is 659 g/mol. The van der Waals surface area contributed by atoms with Crippen LogP contribution >= 0.6 is 0 Å². The predicted octanol–water partition coefficient (Wildman–Crippen LogP) is 11.4. The van der Waals surface area contributed by atoms with E-state index in [4.69, 9.17) is 19.4 Å². The number of non-ortho nitro benzene ring substituents is 1. The van der Waals surface area contributed by atoms with E-state index in [1.165, 1.54) is 0 Å². The van der Waals surface area contributed by atoms with Gasteiger partial charge in [0.2, 0.25) is 0 Å². The van der Waals surface area contributed by atoms with Crippen molar-refractivity contribution in [3.05, 3.63) is 174 Å². The number of aromatic nitrogens is 4. The second-order valence-corrected chi connectivity index (χ2v) is 12.9. The molecule has 0 N–H and O–H groups in total. The molecule has 0 amide bonds. The fraction of sp³-hybridized carbons (Fsp3) is 0. The zero-order chi connectivity index (χ0) is 35.5. The molecular formula is C45H27N5O3. The van der Waals surface area contributed by atoms with E-state index in [2.05, 4.69) is 47.0 Å². The number of hydrogen-bond acceptors (Lipinski definition) is 6. The molecule has 0 bridgehead atoms. The van der Waals surface area contributed by atoms with E-state index in [9.17, 15) is 10.1 Å². The molecule has 7 aromatic carbocycles. The van der Waals surface area contributed by atoms with Crippen molar-refractivity contribution in [3.63, 3.8) is 0 Å². The number of nitro benzene ring substituents is 1. The Morgan fingerprint density at radius 2 is 1.08 bits per heavy atom. The second kappa shape index (κ2) is 12.1. The summed E-state index contributed by atoms with van der Waals surface area (Å²) in [6, 6.07) is 53.3. The summed E-state index contributed by atoms with van der Waals surface area (Å²) >= 11 is 0. The summed E-state index contributed by atoms with van der Waals surface area (Å²) < 4.78 is 8.87. The maximum absolute atomic E-state index is 11.7. The normalized spacial score (nSPS) is 11.5. The topological polar surface area (TPSA) is 99.9 Å². The van der Waals surface area contributed by atoms with Crippen molar-refractivity contribution < 1.29 is 9.34 Å². The first-order valence-corrected chi connectivity index (χ1v) is 17.2. The minimum absolute atomic E-state index is 0.0183. The standard InChI is InChI=1S/C45H27N5O3/c51-50(52)32-22-19-28(20-23-32)37-27-31(45-47-43(29-11-3-1-4-12-29)46-44(48-45)30-13-5-2-6-14-30)21-26-39(37)49-38-17-9-7-15-33(38)35-24-25-36-34-16-8-10-18-40(34)53-42(36)41(35)49/h1-27H. The maximum Gasteiger partial charge on any atom is 0.269 e. The summed E-state index contributed by atoms with van der Waals surface area (Å²) in [6.45, 7) is 0. The average Bonchev–Trinajstić information content (AvgIpc) is 3.77. The quantitative estimate of drug-likeness (QED) is 0.128. The molecule has 0 saturated carbocycles. The number of rotatable bonds is 6. The van der Waals surface area contributed by atoms with Gasteiger partial charge in [-0.25, -0.2) is 15.0 Å². The molecule has 0 aliphatic heterocycles. The van der Waals surface area contributed by atoms with Gasteiger partial charge in [0.25, 0.3) is 5.69 Å². The summed E-state index contributed by atoms with van der Waals surface area (Å²) in [7, 11) is 0. The van der Waals surface area contributed by atoms with Crippen LogP contribution in [0.1, 0.15) is 0 Å². The fourth-order valence-corrected chi connectivity index (χ4v) is 7.28. The molecule has 0 radical (unpaired) electrons. The number of hydrogen-bond donors (Lipinski definition) is 0. The zero-order valence-electron chi connectivity index (χ0n) is 28.0. The fourth-order valence-electron chi connectivity index (χ4n) is 7.28. The lowest BCUT2D eigenvalue weighted by Gasteiger charge is -2.16. The SMILES string of the molecule is O=[N+]([O-])c1ccc(-c2cc(-c3nc(-c4ccccc4)nc(-c4ccccc4)n3)ccc2-n2c3ccccc3c3ccc4c5ccccc5oc4c32)cc1. The minimum atomic E-state index is -0.382. The van der Waals surface area contributed by atoms with Crippen molar-refractivity contribution in [1.29, 1.82) is 0 Å². The summed E-state index contributed by atoms with van der Waals surface area (Å²) in [5.74, 6) is 1.63. The van der Waals surface area contributed by atoms with Gasteiger partial charge >= 0.3 is 0 Å². The summed E-state index contributed by atoms with van der Waals surface area (Å²) in [6.07, 6.45) is 0. The Bertz CT molecular complexity index is 2970.